The summed E-state index contributed by atoms with van der Waals surface area (Å²) in [7, 11) is 1.25. The number of amides is 1. The number of para-hydroxylation sites is 1. The monoisotopic (exact) mass is 421 g/mol. The molecule has 0 bridgehead atoms. The Balaban J connectivity index is 2.06. The number of methoxy groups -OCH3 is 1. The quantitative estimate of drug-likeness (QED) is 0.658. The number of carbonyl (C=O) groups excluding carboxylic acids is 3. The van der Waals surface area contributed by atoms with Crippen LogP contribution >= 0.6 is 11.6 Å². The van der Waals surface area contributed by atoms with Crippen LogP contribution in [0.5, 0.6) is 0 Å². The molecular weight excluding hydrogens is 398 g/mol. The molecule has 1 N–H and O–H groups in total. The fraction of sp³-hybridized carbons (Fsp3) is 0.400. The summed E-state index contributed by atoms with van der Waals surface area (Å²) in [6, 6.07) is 8.26. The third-order valence-corrected chi connectivity index (χ3v) is 4.88. The minimum atomic E-state index is -0.817. The van der Waals surface area contributed by atoms with Crippen molar-refractivity contribution in [3.63, 3.8) is 0 Å². The number of aryl methyl sites for hydroxylation is 1. The second-order valence-corrected chi connectivity index (χ2v) is 6.89. The first-order chi connectivity index (χ1) is 13.8. The molecule has 2 atom stereocenters. The van der Waals surface area contributed by atoms with E-state index in [0.717, 1.165) is 0 Å². The Kier molecular flexibility index (Phi) is 7.78. The van der Waals surface area contributed by atoms with E-state index in [-0.39, 0.29) is 16.6 Å². The Labute approximate surface area is 174 Å². The molecule has 1 aromatic carbocycles. The van der Waals surface area contributed by atoms with Gasteiger partial charge in [0.2, 0.25) is 0 Å². The van der Waals surface area contributed by atoms with Gasteiger partial charge in [-0.05, 0) is 25.0 Å². The number of aromatic nitrogens is 2. The van der Waals surface area contributed by atoms with Gasteiger partial charge in [-0.3, -0.25) is 4.79 Å². The largest absolute Gasteiger partial charge is 0.467 e. The summed E-state index contributed by atoms with van der Waals surface area (Å²) in [5.41, 5.74) is 1.14. The molecule has 0 radical (unpaired) electrons. The van der Waals surface area contributed by atoms with Gasteiger partial charge in [-0.15, -0.1) is 0 Å². The van der Waals surface area contributed by atoms with Crippen LogP contribution in [0.2, 0.25) is 5.15 Å². The standard InChI is InChI=1S/C20H24ClN3O5/c1-5-12(2)17(20(27)28-4)22-15(25)11-29-19(26)16-13(3)23-24(18(16)21)14-9-7-6-8-10-14/h6-10,12,17H,5,11H2,1-4H3,(H,22,25)/t12-,17+/m0/s1. The summed E-state index contributed by atoms with van der Waals surface area (Å²) >= 11 is 6.32. The highest BCUT2D eigenvalue weighted by Gasteiger charge is 2.28. The maximum Gasteiger partial charge on any atom is 0.343 e. The number of carbonyl (C=O) groups is 3. The van der Waals surface area contributed by atoms with Crippen molar-refractivity contribution in [2.45, 2.75) is 33.2 Å². The van der Waals surface area contributed by atoms with Gasteiger partial charge >= 0.3 is 11.9 Å². The van der Waals surface area contributed by atoms with Crippen molar-refractivity contribution in [1.29, 1.82) is 0 Å². The fourth-order valence-corrected chi connectivity index (χ4v) is 3.04. The molecule has 0 aliphatic rings. The number of hydrogen-bond acceptors (Lipinski definition) is 6. The summed E-state index contributed by atoms with van der Waals surface area (Å²) in [6.45, 7) is 4.77. The average molecular weight is 422 g/mol. The topological polar surface area (TPSA) is 99.5 Å². The lowest BCUT2D eigenvalue weighted by molar-refractivity contribution is -0.147. The fourth-order valence-electron chi connectivity index (χ4n) is 2.69. The van der Waals surface area contributed by atoms with Gasteiger partial charge in [0.25, 0.3) is 5.91 Å². The number of benzene rings is 1. The number of nitrogens with one attached hydrogen (secondary N) is 1. The van der Waals surface area contributed by atoms with E-state index in [9.17, 15) is 14.4 Å². The Hall–Kier alpha value is -2.87. The first kappa shape index (κ1) is 22.4. The molecule has 1 aromatic heterocycles. The summed E-state index contributed by atoms with van der Waals surface area (Å²) in [6.07, 6.45) is 0.660. The normalized spacial score (nSPS) is 12.7. The molecule has 1 heterocycles. The lowest BCUT2D eigenvalue weighted by atomic mass is 9.99. The SMILES string of the molecule is CC[C@H](C)[C@@H](NC(=O)COC(=O)c1c(C)nn(-c2ccccc2)c1Cl)C(=O)OC. The minimum absolute atomic E-state index is 0.0785. The van der Waals surface area contributed by atoms with E-state index in [0.29, 0.717) is 17.8 Å². The first-order valence-electron chi connectivity index (χ1n) is 9.14. The predicted molar refractivity (Wildman–Crippen MR) is 107 cm³/mol. The predicted octanol–water partition coefficient (Wildman–Crippen LogP) is 2.69. The van der Waals surface area contributed by atoms with Crippen LogP contribution in [0.25, 0.3) is 5.69 Å². The second kappa shape index (κ2) is 10.1. The maximum absolute atomic E-state index is 12.5. The van der Waals surface area contributed by atoms with Gasteiger partial charge in [-0.2, -0.15) is 5.10 Å². The molecular formula is C20H24ClN3O5. The molecule has 9 heteroatoms. The van der Waals surface area contributed by atoms with Gasteiger partial charge in [-0.1, -0.05) is 50.1 Å². The Morgan fingerprint density at radius 3 is 2.48 bits per heavy atom. The highest BCUT2D eigenvalue weighted by Crippen LogP contribution is 2.24. The van der Waals surface area contributed by atoms with Gasteiger partial charge in [0, 0.05) is 0 Å². The number of halogens is 1. The molecule has 0 aliphatic heterocycles. The molecule has 1 amide bonds. The lowest BCUT2D eigenvalue weighted by Crippen LogP contribution is -2.47. The van der Waals surface area contributed by atoms with Gasteiger partial charge in [0.1, 0.15) is 16.8 Å². The van der Waals surface area contributed by atoms with Gasteiger partial charge in [-0.25, -0.2) is 14.3 Å². The zero-order chi connectivity index (χ0) is 21.6. The van der Waals surface area contributed by atoms with Crippen LogP contribution in [0.15, 0.2) is 30.3 Å². The minimum Gasteiger partial charge on any atom is -0.467 e. The van der Waals surface area contributed by atoms with Crippen molar-refractivity contribution in [1.82, 2.24) is 15.1 Å². The molecule has 0 unspecified atom stereocenters. The number of esters is 2. The van der Waals surface area contributed by atoms with Crippen LogP contribution in [0, 0.1) is 12.8 Å². The van der Waals surface area contributed by atoms with E-state index in [1.54, 1.807) is 19.1 Å². The van der Waals surface area contributed by atoms with Crippen molar-refractivity contribution in [3.05, 3.63) is 46.7 Å². The van der Waals surface area contributed by atoms with Crippen LogP contribution in [0.1, 0.15) is 36.3 Å². The molecule has 29 heavy (non-hydrogen) atoms. The lowest BCUT2D eigenvalue weighted by Gasteiger charge is -2.21. The highest BCUT2D eigenvalue weighted by atomic mass is 35.5. The highest BCUT2D eigenvalue weighted by molar-refractivity contribution is 6.33. The van der Waals surface area contributed by atoms with Crippen LogP contribution in [0.3, 0.4) is 0 Å². The third kappa shape index (κ3) is 5.35. The molecule has 0 saturated heterocycles. The Morgan fingerprint density at radius 2 is 1.90 bits per heavy atom. The number of nitrogens with zero attached hydrogens (tertiary/aromatic N) is 2. The van der Waals surface area contributed by atoms with Crippen molar-refractivity contribution >= 4 is 29.4 Å². The van der Waals surface area contributed by atoms with Crippen molar-refractivity contribution in [3.8, 4) is 5.69 Å². The molecule has 0 aliphatic carbocycles. The van der Waals surface area contributed by atoms with Crippen LogP contribution in [0.4, 0.5) is 0 Å². The second-order valence-electron chi connectivity index (χ2n) is 6.53. The van der Waals surface area contributed by atoms with Crippen molar-refractivity contribution < 1.29 is 23.9 Å². The van der Waals surface area contributed by atoms with Crippen LogP contribution in [-0.2, 0) is 19.1 Å². The Bertz CT molecular complexity index is 882. The van der Waals surface area contributed by atoms with Gasteiger partial charge in [0.15, 0.2) is 6.61 Å². The van der Waals surface area contributed by atoms with E-state index in [2.05, 4.69) is 10.4 Å². The molecule has 2 rings (SSSR count). The number of ether oxygens (including phenoxy) is 2. The van der Waals surface area contributed by atoms with Crippen LogP contribution < -0.4 is 5.32 Å². The van der Waals surface area contributed by atoms with E-state index < -0.39 is 30.5 Å². The third-order valence-electron chi connectivity index (χ3n) is 4.53. The van der Waals surface area contributed by atoms with Crippen molar-refractivity contribution in [2.75, 3.05) is 13.7 Å². The number of rotatable bonds is 8. The molecule has 0 spiro atoms. The van der Waals surface area contributed by atoms with Gasteiger partial charge < -0.3 is 14.8 Å². The van der Waals surface area contributed by atoms with Crippen molar-refractivity contribution in [2.24, 2.45) is 5.92 Å². The van der Waals surface area contributed by atoms with Crippen LogP contribution in [-0.4, -0.2) is 47.4 Å². The van der Waals surface area contributed by atoms with E-state index in [4.69, 9.17) is 21.1 Å². The Morgan fingerprint density at radius 1 is 1.24 bits per heavy atom. The smallest absolute Gasteiger partial charge is 0.343 e. The van der Waals surface area contributed by atoms with Gasteiger partial charge in [0.05, 0.1) is 18.5 Å². The molecule has 8 nitrogen and oxygen atoms in total. The number of hydrogen-bond donors (Lipinski definition) is 1. The summed E-state index contributed by atoms with van der Waals surface area (Å²) in [4.78, 5) is 36.5. The first-order valence-corrected chi connectivity index (χ1v) is 9.52. The maximum atomic E-state index is 12.5. The molecule has 156 valence electrons. The zero-order valence-electron chi connectivity index (χ0n) is 16.8. The van der Waals surface area contributed by atoms with E-state index in [1.807, 2.05) is 32.0 Å². The summed E-state index contributed by atoms with van der Waals surface area (Å²) in [5, 5.41) is 6.90. The summed E-state index contributed by atoms with van der Waals surface area (Å²) in [5.74, 6) is -2.08. The summed E-state index contributed by atoms with van der Waals surface area (Å²) < 4.78 is 11.2. The molecule has 2 aromatic rings. The molecule has 0 saturated carbocycles. The zero-order valence-corrected chi connectivity index (χ0v) is 17.5. The molecule has 0 fully saturated rings. The average Bonchev–Trinajstić information content (AvgIpc) is 3.03. The van der Waals surface area contributed by atoms with E-state index in [1.165, 1.54) is 11.8 Å². The van der Waals surface area contributed by atoms with E-state index >= 15 is 0 Å².